The third-order valence-electron chi connectivity index (χ3n) is 3.57. The number of nitrogens with one attached hydrogen (secondary N) is 1. The summed E-state index contributed by atoms with van der Waals surface area (Å²) in [5.41, 5.74) is 0. The molecule has 0 aliphatic carbocycles. The van der Waals surface area contributed by atoms with Gasteiger partial charge in [-0.05, 0) is 44.7 Å². The van der Waals surface area contributed by atoms with Crippen molar-refractivity contribution in [2.45, 2.75) is 32.7 Å². The van der Waals surface area contributed by atoms with Crippen LogP contribution in [-0.2, 0) is 0 Å². The van der Waals surface area contributed by atoms with E-state index in [1.807, 2.05) is 0 Å². The maximum Gasteiger partial charge on any atom is 0.00701 e. The second kappa shape index (κ2) is 3.97. The van der Waals surface area contributed by atoms with Crippen LogP contribution in [0.25, 0.3) is 0 Å². The van der Waals surface area contributed by atoms with Crippen molar-refractivity contribution in [1.82, 2.24) is 10.2 Å². The maximum absolute atomic E-state index is 3.45. The molecule has 0 radical (unpaired) electrons. The standard InChI is InChI=1S/C11H22N2/c1-9-5-10(2)13(7-9)8-11-3-4-12-6-11/h9-12H,3-8H2,1-2H3. The zero-order chi connectivity index (χ0) is 9.26. The molecule has 2 aliphatic heterocycles. The fourth-order valence-electron chi connectivity index (χ4n) is 2.84. The smallest absolute Gasteiger partial charge is 0.00701 e. The van der Waals surface area contributed by atoms with Gasteiger partial charge in [0.1, 0.15) is 0 Å². The maximum atomic E-state index is 3.45. The average molecular weight is 182 g/mol. The van der Waals surface area contributed by atoms with Gasteiger partial charge < -0.3 is 10.2 Å². The Labute approximate surface area is 81.7 Å². The minimum atomic E-state index is 0.829. The van der Waals surface area contributed by atoms with Crippen LogP contribution in [0.2, 0.25) is 0 Å². The summed E-state index contributed by atoms with van der Waals surface area (Å²) in [5, 5.41) is 3.45. The van der Waals surface area contributed by atoms with E-state index in [-0.39, 0.29) is 0 Å². The third kappa shape index (κ3) is 2.23. The first-order valence-electron chi connectivity index (χ1n) is 5.70. The number of hydrogen-bond acceptors (Lipinski definition) is 2. The van der Waals surface area contributed by atoms with Crippen molar-refractivity contribution in [2.24, 2.45) is 11.8 Å². The van der Waals surface area contributed by atoms with Gasteiger partial charge in [0, 0.05) is 19.1 Å². The molecule has 2 heteroatoms. The van der Waals surface area contributed by atoms with Gasteiger partial charge in [0.25, 0.3) is 0 Å². The molecule has 0 amide bonds. The van der Waals surface area contributed by atoms with Gasteiger partial charge >= 0.3 is 0 Å². The molecular weight excluding hydrogens is 160 g/mol. The Kier molecular flexibility index (Phi) is 2.89. The van der Waals surface area contributed by atoms with Gasteiger partial charge in [0.05, 0.1) is 0 Å². The van der Waals surface area contributed by atoms with Crippen LogP contribution in [0.5, 0.6) is 0 Å². The molecule has 0 saturated carbocycles. The summed E-state index contributed by atoms with van der Waals surface area (Å²) < 4.78 is 0. The van der Waals surface area contributed by atoms with Gasteiger partial charge in [-0.1, -0.05) is 6.92 Å². The molecule has 13 heavy (non-hydrogen) atoms. The number of nitrogens with zero attached hydrogens (tertiary/aromatic N) is 1. The van der Waals surface area contributed by atoms with Crippen molar-refractivity contribution in [3.8, 4) is 0 Å². The Morgan fingerprint density at radius 2 is 2.23 bits per heavy atom. The highest BCUT2D eigenvalue weighted by atomic mass is 15.2. The van der Waals surface area contributed by atoms with Gasteiger partial charge in [-0.25, -0.2) is 0 Å². The molecule has 0 bridgehead atoms. The van der Waals surface area contributed by atoms with E-state index in [1.165, 1.54) is 39.0 Å². The monoisotopic (exact) mass is 182 g/mol. The summed E-state index contributed by atoms with van der Waals surface area (Å²) in [5.74, 6) is 1.84. The van der Waals surface area contributed by atoms with Gasteiger partial charge in [0.15, 0.2) is 0 Å². The Morgan fingerprint density at radius 1 is 1.38 bits per heavy atom. The van der Waals surface area contributed by atoms with Crippen molar-refractivity contribution >= 4 is 0 Å². The van der Waals surface area contributed by atoms with Crippen molar-refractivity contribution in [2.75, 3.05) is 26.2 Å². The molecule has 0 spiro atoms. The SMILES string of the molecule is CC1CC(C)N(CC2CCNC2)C1. The van der Waals surface area contributed by atoms with Crippen molar-refractivity contribution in [1.29, 1.82) is 0 Å². The highest BCUT2D eigenvalue weighted by molar-refractivity contribution is 4.83. The molecule has 0 aromatic heterocycles. The topological polar surface area (TPSA) is 15.3 Å². The first-order chi connectivity index (χ1) is 6.25. The molecule has 1 N–H and O–H groups in total. The van der Waals surface area contributed by atoms with Crippen molar-refractivity contribution in [3.05, 3.63) is 0 Å². The molecule has 2 aliphatic rings. The molecule has 2 rings (SSSR count). The molecule has 2 saturated heterocycles. The van der Waals surface area contributed by atoms with Crippen LogP contribution < -0.4 is 5.32 Å². The molecule has 0 aromatic rings. The van der Waals surface area contributed by atoms with Crippen LogP contribution in [0.3, 0.4) is 0 Å². The largest absolute Gasteiger partial charge is 0.316 e. The van der Waals surface area contributed by atoms with E-state index >= 15 is 0 Å². The summed E-state index contributed by atoms with van der Waals surface area (Å²) in [4.78, 5) is 2.68. The Balaban J connectivity index is 1.80. The summed E-state index contributed by atoms with van der Waals surface area (Å²) in [6.07, 6.45) is 2.79. The minimum absolute atomic E-state index is 0.829. The average Bonchev–Trinajstić information content (AvgIpc) is 2.63. The Bertz CT molecular complexity index is 163. The number of rotatable bonds is 2. The van der Waals surface area contributed by atoms with Gasteiger partial charge in [-0.15, -0.1) is 0 Å². The van der Waals surface area contributed by atoms with E-state index in [1.54, 1.807) is 0 Å². The lowest BCUT2D eigenvalue weighted by atomic mass is 10.1. The van der Waals surface area contributed by atoms with E-state index < -0.39 is 0 Å². The third-order valence-corrected chi connectivity index (χ3v) is 3.57. The number of likely N-dealkylation sites (tertiary alicyclic amines) is 1. The highest BCUT2D eigenvalue weighted by Gasteiger charge is 2.28. The predicted molar refractivity (Wildman–Crippen MR) is 55.8 cm³/mol. The van der Waals surface area contributed by atoms with E-state index in [0.29, 0.717) is 0 Å². The minimum Gasteiger partial charge on any atom is -0.316 e. The normalized spacial score (nSPS) is 41.5. The molecule has 3 atom stereocenters. The molecule has 2 nitrogen and oxygen atoms in total. The first-order valence-corrected chi connectivity index (χ1v) is 5.70. The van der Waals surface area contributed by atoms with Crippen LogP contribution in [0.15, 0.2) is 0 Å². The molecule has 2 fully saturated rings. The van der Waals surface area contributed by atoms with E-state index in [4.69, 9.17) is 0 Å². The molecule has 76 valence electrons. The molecule has 3 unspecified atom stereocenters. The van der Waals surface area contributed by atoms with Crippen LogP contribution in [0, 0.1) is 11.8 Å². The van der Waals surface area contributed by atoms with Crippen LogP contribution in [0.4, 0.5) is 0 Å². The van der Waals surface area contributed by atoms with E-state index in [9.17, 15) is 0 Å². The lowest BCUT2D eigenvalue weighted by molar-refractivity contribution is 0.229. The fourth-order valence-corrected chi connectivity index (χ4v) is 2.84. The first kappa shape index (κ1) is 9.47. The quantitative estimate of drug-likeness (QED) is 0.693. The molecule has 2 heterocycles. The van der Waals surface area contributed by atoms with Crippen LogP contribution in [0.1, 0.15) is 26.7 Å². The predicted octanol–water partition coefficient (Wildman–Crippen LogP) is 1.33. The summed E-state index contributed by atoms with van der Waals surface area (Å²) in [6, 6.07) is 0.829. The molecular formula is C11H22N2. The summed E-state index contributed by atoms with van der Waals surface area (Å²) in [7, 11) is 0. The van der Waals surface area contributed by atoms with Gasteiger partial charge in [-0.2, -0.15) is 0 Å². The van der Waals surface area contributed by atoms with E-state index in [0.717, 1.165) is 17.9 Å². The number of hydrogen-bond donors (Lipinski definition) is 1. The van der Waals surface area contributed by atoms with Gasteiger partial charge in [-0.3, -0.25) is 0 Å². The second-order valence-electron chi connectivity index (χ2n) is 5.00. The van der Waals surface area contributed by atoms with Gasteiger partial charge in [0.2, 0.25) is 0 Å². The highest BCUT2D eigenvalue weighted by Crippen LogP contribution is 2.24. The second-order valence-corrected chi connectivity index (χ2v) is 5.00. The van der Waals surface area contributed by atoms with E-state index in [2.05, 4.69) is 24.1 Å². The lowest BCUT2D eigenvalue weighted by Gasteiger charge is -2.24. The zero-order valence-electron chi connectivity index (χ0n) is 8.92. The Hall–Kier alpha value is -0.0800. The van der Waals surface area contributed by atoms with Crippen molar-refractivity contribution in [3.63, 3.8) is 0 Å². The summed E-state index contributed by atoms with van der Waals surface area (Å²) >= 11 is 0. The Morgan fingerprint density at radius 3 is 2.77 bits per heavy atom. The zero-order valence-corrected chi connectivity index (χ0v) is 8.92. The van der Waals surface area contributed by atoms with Crippen LogP contribution >= 0.6 is 0 Å². The molecule has 0 aromatic carbocycles. The summed E-state index contributed by atoms with van der Waals surface area (Å²) in [6.45, 7) is 9.91. The fraction of sp³-hybridized carbons (Fsp3) is 1.00. The van der Waals surface area contributed by atoms with Crippen LogP contribution in [-0.4, -0.2) is 37.1 Å². The lowest BCUT2D eigenvalue weighted by Crippen LogP contribution is -2.33. The van der Waals surface area contributed by atoms with Crippen molar-refractivity contribution < 1.29 is 0 Å².